The largest absolute Gasteiger partial charge is 0.465 e. The highest BCUT2D eigenvalue weighted by Gasteiger charge is 2.35. The van der Waals surface area contributed by atoms with Crippen LogP contribution in [-0.4, -0.2) is 36.7 Å². The van der Waals surface area contributed by atoms with E-state index in [1.165, 1.54) is 5.56 Å². The van der Waals surface area contributed by atoms with Gasteiger partial charge >= 0.3 is 11.9 Å². The maximum absolute atomic E-state index is 12.3. The van der Waals surface area contributed by atoms with Gasteiger partial charge in [0.1, 0.15) is 0 Å². The SMILES string of the molecule is CCOC(=O)C(CC1NCCc2c1[nH]c1ccc(Cl)cc21)C(=O)OCC. The van der Waals surface area contributed by atoms with E-state index < -0.39 is 17.9 Å². The molecule has 6 nitrogen and oxygen atoms in total. The number of nitrogens with one attached hydrogen (secondary N) is 2. The molecule has 1 aliphatic heterocycles. The Bertz CT molecular complexity index is 799. The van der Waals surface area contributed by atoms with E-state index in [4.69, 9.17) is 21.1 Å². The Morgan fingerprint density at radius 1 is 1.23 bits per heavy atom. The summed E-state index contributed by atoms with van der Waals surface area (Å²) < 4.78 is 10.2. The van der Waals surface area contributed by atoms with Gasteiger partial charge in [-0.05, 0) is 57.0 Å². The molecular formula is C19H23ClN2O4. The summed E-state index contributed by atoms with van der Waals surface area (Å²) in [5.41, 5.74) is 3.17. The number of H-pyrrole nitrogens is 1. The van der Waals surface area contributed by atoms with Crippen LogP contribution in [-0.2, 0) is 25.5 Å². The molecule has 2 aromatic rings. The number of ether oxygens (including phenoxy) is 2. The monoisotopic (exact) mass is 378 g/mol. The van der Waals surface area contributed by atoms with E-state index in [0.29, 0.717) is 5.02 Å². The molecule has 3 rings (SSSR count). The van der Waals surface area contributed by atoms with E-state index in [9.17, 15) is 9.59 Å². The smallest absolute Gasteiger partial charge is 0.320 e. The highest BCUT2D eigenvalue weighted by molar-refractivity contribution is 6.31. The van der Waals surface area contributed by atoms with Crippen molar-refractivity contribution in [2.75, 3.05) is 19.8 Å². The predicted octanol–water partition coefficient (Wildman–Crippen LogP) is 3.14. The van der Waals surface area contributed by atoms with Gasteiger partial charge in [-0.3, -0.25) is 9.59 Å². The van der Waals surface area contributed by atoms with Gasteiger partial charge in [0, 0.05) is 27.7 Å². The van der Waals surface area contributed by atoms with Crippen LogP contribution in [0.15, 0.2) is 18.2 Å². The van der Waals surface area contributed by atoms with E-state index in [1.807, 2.05) is 18.2 Å². The Morgan fingerprint density at radius 2 is 1.92 bits per heavy atom. The summed E-state index contributed by atoms with van der Waals surface area (Å²) in [5.74, 6) is -2.04. The number of hydrogen-bond acceptors (Lipinski definition) is 5. The molecule has 0 saturated heterocycles. The fraction of sp³-hybridized carbons (Fsp3) is 0.474. The number of aromatic amines is 1. The molecular weight excluding hydrogens is 356 g/mol. The second kappa shape index (κ2) is 8.10. The Morgan fingerprint density at radius 3 is 2.58 bits per heavy atom. The van der Waals surface area contributed by atoms with Gasteiger partial charge in [-0.25, -0.2) is 0 Å². The lowest BCUT2D eigenvalue weighted by Crippen LogP contribution is -2.36. The van der Waals surface area contributed by atoms with E-state index >= 15 is 0 Å². The van der Waals surface area contributed by atoms with Crippen LogP contribution in [0.4, 0.5) is 0 Å². The summed E-state index contributed by atoms with van der Waals surface area (Å²) in [7, 11) is 0. The lowest BCUT2D eigenvalue weighted by atomic mass is 9.92. The van der Waals surface area contributed by atoms with Crippen molar-refractivity contribution in [1.82, 2.24) is 10.3 Å². The number of esters is 2. The van der Waals surface area contributed by atoms with Crippen molar-refractivity contribution in [3.8, 4) is 0 Å². The van der Waals surface area contributed by atoms with E-state index in [-0.39, 0.29) is 25.7 Å². The molecule has 1 aromatic carbocycles. The Hall–Kier alpha value is -2.05. The number of aromatic nitrogens is 1. The van der Waals surface area contributed by atoms with Crippen molar-refractivity contribution in [3.63, 3.8) is 0 Å². The number of carbonyl (C=O) groups is 2. The standard InChI is InChI=1S/C19H23ClN2O4/c1-3-25-18(23)14(19(24)26-4-2)10-16-17-12(7-8-21-16)13-9-11(20)5-6-15(13)22-17/h5-6,9,14,16,21-22H,3-4,7-8,10H2,1-2H3. The molecule has 140 valence electrons. The molecule has 2 N–H and O–H groups in total. The number of benzene rings is 1. The summed E-state index contributed by atoms with van der Waals surface area (Å²) in [5, 5.41) is 5.17. The zero-order chi connectivity index (χ0) is 18.7. The van der Waals surface area contributed by atoms with Crippen molar-refractivity contribution >= 4 is 34.4 Å². The first-order chi connectivity index (χ1) is 12.5. The summed E-state index contributed by atoms with van der Waals surface area (Å²) in [6, 6.07) is 5.57. The molecule has 1 aromatic heterocycles. The van der Waals surface area contributed by atoms with Gasteiger partial charge in [-0.1, -0.05) is 11.6 Å². The van der Waals surface area contributed by atoms with Gasteiger partial charge in [-0.2, -0.15) is 0 Å². The first kappa shape index (κ1) is 18.7. The van der Waals surface area contributed by atoms with Gasteiger partial charge in [0.15, 0.2) is 5.92 Å². The average Bonchev–Trinajstić information content (AvgIpc) is 2.98. The minimum absolute atomic E-state index is 0.163. The van der Waals surface area contributed by atoms with Crippen molar-refractivity contribution in [3.05, 3.63) is 34.5 Å². The summed E-state index contributed by atoms with van der Waals surface area (Å²) in [6.07, 6.45) is 1.14. The molecule has 0 aliphatic carbocycles. The number of carbonyl (C=O) groups excluding carboxylic acids is 2. The molecule has 2 heterocycles. The van der Waals surface area contributed by atoms with Crippen LogP contribution < -0.4 is 5.32 Å². The zero-order valence-electron chi connectivity index (χ0n) is 14.9. The van der Waals surface area contributed by atoms with Crippen molar-refractivity contribution in [2.24, 2.45) is 5.92 Å². The molecule has 0 radical (unpaired) electrons. The molecule has 7 heteroatoms. The van der Waals surface area contributed by atoms with E-state index in [1.54, 1.807) is 13.8 Å². The molecule has 0 amide bonds. The average molecular weight is 379 g/mol. The Labute approximate surface area is 157 Å². The summed E-state index contributed by atoms with van der Waals surface area (Å²) in [4.78, 5) is 28.0. The molecule has 1 aliphatic rings. The van der Waals surface area contributed by atoms with Crippen molar-refractivity contribution < 1.29 is 19.1 Å². The second-order valence-electron chi connectivity index (χ2n) is 6.26. The second-order valence-corrected chi connectivity index (χ2v) is 6.69. The minimum Gasteiger partial charge on any atom is -0.465 e. The van der Waals surface area contributed by atoms with Gasteiger partial charge in [-0.15, -0.1) is 0 Å². The number of hydrogen-bond donors (Lipinski definition) is 2. The lowest BCUT2D eigenvalue weighted by Gasteiger charge is -2.26. The normalized spacial score (nSPS) is 16.5. The van der Waals surface area contributed by atoms with Gasteiger partial charge in [0.05, 0.1) is 13.2 Å². The molecule has 26 heavy (non-hydrogen) atoms. The predicted molar refractivity (Wildman–Crippen MR) is 99.1 cm³/mol. The van der Waals surface area contributed by atoms with Gasteiger partial charge in [0.25, 0.3) is 0 Å². The topological polar surface area (TPSA) is 80.4 Å². The fourth-order valence-electron chi connectivity index (χ4n) is 3.49. The number of halogens is 1. The zero-order valence-corrected chi connectivity index (χ0v) is 15.7. The summed E-state index contributed by atoms with van der Waals surface area (Å²) in [6.45, 7) is 4.65. The molecule has 1 unspecified atom stereocenters. The van der Waals surface area contributed by atoms with Crippen LogP contribution in [0.25, 0.3) is 10.9 Å². The first-order valence-corrected chi connectivity index (χ1v) is 9.29. The van der Waals surface area contributed by atoms with E-state index in [0.717, 1.165) is 29.6 Å². The highest BCUT2D eigenvalue weighted by Crippen LogP contribution is 2.34. The first-order valence-electron chi connectivity index (χ1n) is 8.91. The highest BCUT2D eigenvalue weighted by atomic mass is 35.5. The van der Waals surface area contributed by atoms with Crippen molar-refractivity contribution in [1.29, 1.82) is 0 Å². The minimum atomic E-state index is -0.951. The van der Waals surface area contributed by atoms with Crippen LogP contribution in [0.5, 0.6) is 0 Å². The Kier molecular flexibility index (Phi) is 5.84. The van der Waals surface area contributed by atoms with Crippen LogP contribution in [0.2, 0.25) is 5.02 Å². The fourth-order valence-corrected chi connectivity index (χ4v) is 3.66. The molecule has 0 spiro atoms. The quantitative estimate of drug-likeness (QED) is 0.596. The molecule has 0 bridgehead atoms. The number of rotatable bonds is 6. The molecule has 1 atom stereocenters. The van der Waals surface area contributed by atoms with Crippen molar-refractivity contribution in [2.45, 2.75) is 32.7 Å². The van der Waals surface area contributed by atoms with Crippen LogP contribution >= 0.6 is 11.6 Å². The van der Waals surface area contributed by atoms with Gasteiger partial charge < -0.3 is 19.8 Å². The lowest BCUT2D eigenvalue weighted by molar-refractivity contribution is -0.162. The maximum atomic E-state index is 12.3. The number of fused-ring (bicyclic) bond motifs is 3. The maximum Gasteiger partial charge on any atom is 0.320 e. The van der Waals surface area contributed by atoms with E-state index in [2.05, 4.69) is 10.3 Å². The van der Waals surface area contributed by atoms with Crippen LogP contribution in [0, 0.1) is 5.92 Å². The van der Waals surface area contributed by atoms with Crippen LogP contribution in [0.3, 0.4) is 0 Å². The molecule has 0 saturated carbocycles. The third kappa shape index (κ3) is 3.71. The third-order valence-electron chi connectivity index (χ3n) is 4.63. The summed E-state index contributed by atoms with van der Waals surface area (Å²) >= 11 is 6.14. The Balaban J connectivity index is 1.91. The van der Waals surface area contributed by atoms with Crippen LogP contribution in [0.1, 0.15) is 37.6 Å². The molecule has 0 fully saturated rings. The van der Waals surface area contributed by atoms with Gasteiger partial charge in [0.2, 0.25) is 0 Å². The third-order valence-corrected chi connectivity index (χ3v) is 4.86.